The Bertz CT molecular complexity index is 267. The molecule has 2 rings (SSSR count). The van der Waals surface area contributed by atoms with E-state index in [1.807, 2.05) is 0 Å². The number of likely N-dealkylation sites (tertiary alicyclic amines) is 1. The maximum absolute atomic E-state index is 11.1. The average Bonchev–Trinajstić information content (AvgIpc) is 3.01. The Morgan fingerprint density at radius 1 is 1.24 bits per heavy atom. The average molecular weight is 239 g/mol. The van der Waals surface area contributed by atoms with E-state index in [2.05, 4.69) is 11.8 Å². The van der Waals surface area contributed by atoms with E-state index in [9.17, 15) is 4.79 Å². The topological polar surface area (TPSA) is 40.5 Å². The van der Waals surface area contributed by atoms with Crippen molar-refractivity contribution in [2.75, 3.05) is 13.1 Å². The van der Waals surface area contributed by atoms with E-state index in [-0.39, 0.29) is 5.54 Å². The van der Waals surface area contributed by atoms with Crippen molar-refractivity contribution >= 4 is 5.97 Å². The maximum atomic E-state index is 11.1. The largest absolute Gasteiger partial charge is 0.481 e. The van der Waals surface area contributed by atoms with Gasteiger partial charge >= 0.3 is 5.97 Å². The Hall–Kier alpha value is -0.570. The van der Waals surface area contributed by atoms with Gasteiger partial charge in [0.15, 0.2) is 0 Å². The number of hydrogen-bond acceptors (Lipinski definition) is 2. The smallest absolute Gasteiger partial charge is 0.305 e. The SMILES string of the molecule is CC(CC(=O)O)(CC1CC1)N1CCCCCC1. The summed E-state index contributed by atoms with van der Waals surface area (Å²) in [4.78, 5) is 13.6. The molecule has 0 aromatic carbocycles. The molecule has 17 heavy (non-hydrogen) atoms. The second-order valence-electron chi connectivity index (χ2n) is 6.12. The first-order valence-electron chi connectivity index (χ1n) is 7.07. The monoisotopic (exact) mass is 239 g/mol. The van der Waals surface area contributed by atoms with Gasteiger partial charge < -0.3 is 5.11 Å². The number of carboxylic acids is 1. The molecule has 3 nitrogen and oxygen atoms in total. The van der Waals surface area contributed by atoms with Crippen molar-refractivity contribution in [3.8, 4) is 0 Å². The van der Waals surface area contributed by atoms with E-state index in [1.165, 1.54) is 38.5 Å². The lowest BCUT2D eigenvalue weighted by atomic mass is 9.88. The minimum Gasteiger partial charge on any atom is -0.481 e. The van der Waals surface area contributed by atoms with Gasteiger partial charge in [0, 0.05) is 5.54 Å². The molecule has 0 spiro atoms. The molecule has 1 heterocycles. The predicted octanol–water partition coefficient (Wildman–Crippen LogP) is 2.90. The van der Waals surface area contributed by atoms with Crippen LogP contribution < -0.4 is 0 Å². The third-order valence-electron chi connectivity index (χ3n) is 4.33. The first-order chi connectivity index (χ1) is 8.10. The second kappa shape index (κ2) is 5.38. The highest BCUT2D eigenvalue weighted by Gasteiger charge is 2.39. The number of carbonyl (C=O) groups is 1. The summed E-state index contributed by atoms with van der Waals surface area (Å²) in [5, 5.41) is 9.16. The molecule has 98 valence electrons. The summed E-state index contributed by atoms with van der Waals surface area (Å²) < 4.78 is 0. The number of rotatable bonds is 5. The Kier molecular flexibility index (Phi) is 4.08. The number of nitrogens with zero attached hydrogens (tertiary/aromatic N) is 1. The van der Waals surface area contributed by atoms with E-state index in [0.717, 1.165) is 25.4 Å². The van der Waals surface area contributed by atoms with Gasteiger partial charge in [-0.1, -0.05) is 25.7 Å². The first-order valence-corrected chi connectivity index (χ1v) is 7.07. The molecule has 1 unspecified atom stereocenters. The summed E-state index contributed by atoms with van der Waals surface area (Å²) in [6.07, 6.45) is 9.10. The van der Waals surface area contributed by atoms with Crippen molar-refractivity contribution in [2.24, 2.45) is 5.92 Å². The lowest BCUT2D eigenvalue weighted by Gasteiger charge is -2.40. The highest BCUT2D eigenvalue weighted by Crippen LogP contribution is 2.40. The molecule has 1 saturated heterocycles. The molecule has 3 heteroatoms. The molecule has 0 amide bonds. The molecule has 2 aliphatic rings. The molecule has 1 aliphatic carbocycles. The van der Waals surface area contributed by atoms with E-state index in [0.29, 0.717) is 6.42 Å². The molecule has 0 radical (unpaired) electrons. The third kappa shape index (κ3) is 3.70. The number of aliphatic carboxylic acids is 1. The Balaban J connectivity index is 2.02. The molecule has 0 aromatic rings. The molecule has 0 bridgehead atoms. The fourth-order valence-corrected chi connectivity index (χ4v) is 3.19. The van der Waals surface area contributed by atoms with Gasteiger partial charge in [0.25, 0.3) is 0 Å². The summed E-state index contributed by atoms with van der Waals surface area (Å²) >= 11 is 0. The van der Waals surface area contributed by atoms with Gasteiger partial charge in [-0.05, 0) is 45.2 Å². The lowest BCUT2D eigenvalue weighted by Crippen LogP contribution is -2.48. The van der Waals surface area contributed by atoms with Crippen LogP contribution in [-0.2, 0) is 4.79 Å². The van der Waals surface area contributed by atoms with Gasteiger partial charge in [0.05, 0.1) is 6.42 Å². The zero-order chi connectivity index (χ0) is 12.3. The van der Waals surface area contributed by atoms with Crippen LogP contribution in [0.5, 0.6) is 0 Å². The normalized spacial score (nSPS) is 26.2. The van der Waals surface area contributed by atoms with Crippen LogP contribution >= 0.6 is 0 Å². The van der Waals surface area contributed by atoms with Crippen molar-refractivity contribution in [3.63, 3.8) is 0 Å². The van der Waals surface area contributed by atoms with Crippen molar-refractivity contribution in [1.82, 2.24) is 4.90 Å². The van der Waals surface area contributed by atoms with Gasteiger partial charge in [0.1, 0.15) is 0 Å². The van der Waals surface area contributed by atoms with Crippen LogP contribution in [0.3, 0.4) is 0 Å². The predicted molar refractivity (Wildman–Crippen MR) is 68.0 cm³/mol. The van der Waals surface area contributed by atoms with Crippen LogP contribution in [0.15, 0.2) is 0 Å². The summed E-state index contributed by atoms with van der Waals surface area (Å²) in [5.74, 6) is 0.153. The Morgan fingerprint density at radius 3 is 2.29 bits per heavy atom. The van der Waals surface area contributed by atoms with Crippen LogP contribution in [0.4, 0.5) is 0 Å². The molecule has 1 aliphatic heterocycles. The van der Waals surface area contributed by atoms with Crippen LogP contribution in [0.25, 0.3) is 0 Å². The summed E-state index contributed by atoms with van der Waals surface area (Å²) in [5.41, 5.74) is -0.0999. The third-order valence-corrected chi connectivity index (χ3v) is 4.33. The van der Waals surface area contributed by atoms with Crippen LogP contribution in [0, 0.1) is 5.92 Å². The zero-order valence-electron chi connectivity index (χ0n) is 11.0. The molecule has 1 atom stereocenters. The van der Waals surface area contributed by atoms with Crippen molar-refractivity contribution in [3.05, 3.63) is 0 Å². The van der Waals surface area contributed by atoms with Crippen molar-refractivity contribution < 1.29 is 9.90 Å². The molecule has 0 aromatic heterocycles. The minimum absolute atomic E-state index is 0.0999. The van der Waals surface area contributed by atoms with Gasteiger partial charge in [-0.25, -0.2) is 0 Å². The lowest BCUT2D eigenvalue weighted by molar-refractivity contribution is -0.140. The standard InChI is InChI=1S/C14H25NO2/c1-14(11-13(16)17,10-12-6-7-12)15-8-4-2-3-5-9-15/h12H,2-11H2,1H3,(H,16,17). The Labute approximate surface area is 104 Å². The fourth-order valence-electron chi connectivity index (χ4n) is 3.19. The molecule has 2 fully saturated rings. The molecule has 1 saturated carbocycles. The van der Waals surface area contributed by atoms with E-state index < -0.39 is 5.97 Å². The van der Waals surface area contributed by atoms with E-state index in [4.69, 9.17) is 5.11 Å². The quantitative estimate of drug-likeness (QED) is 0.802. The molecular weight excluding hydrogens is 214 g/mol. The summed E-state index contributed by atoms with van der Waals surface area (Å²) in [7, 11) is 0. The zero-order valence-corrected chi connectivity index (χ0v) is 11.0. The summed E-state index contributed by atoms with van der Waals surface area (Å²) in [6.45, 7) is 4.36. The van der Waals surface area contributed by atoms with Crippen LogP contribution in [0.1, 0.15) is 58.3 Å². The first kappa shape index (κ1) is 12.9. The Morgan fingerprint density at radius 2 is 1.82 bits per heavy atom. The van der Waals surface area contributed by atoms with Crippen LogP contribution in [-0.4, -0.2) is 34.6 Å². The second-order valence-corrected chi connectivity index (χ2v) is 6.12. The van der Waals surface area contributed by atoms with Gasteiger partial charge in [-0.15, -0.1) is 0 Å². The van der Waals surface area contributed by atoms with Gasteiger partial charge in [-0.3, -0.25) is 9.69 Å². The number of carboxylic acid groups (broad SMARTS) is 1. The van der Waals surface area contributed by atoms with E-state index >= 15 is 0 Å². The molecular formula is C14H25NO2. The van der Waals surface area contributed by atoms with E-state index in [1.54, 1.807) is 0 Å². The number of hydrogen-bond donors (Lipinski definition) is 1. The van der Waals surface area contributed by atoms with Gasteiger partial charge in [0.2, 0.25) is 0 Å². The minimum atomic E-state index is -0.641. The van der Waals surface area contributed by atoms with Gasteiger partial charge in [-0.2, -0.15) is 0 Å². The highest BCUT2D eigenvalue weighted by molar-refractivity contribution is 5.68. The highest BCUT2D eigenvalue weighted by atomic mass is 16.4. The van der Waals surface area contributed by atoms with Crippen LogP contribution in [0.2, 0.25) is 0 Å². The summed E-state index contributed by atoms with van der Waals surface area (Å²) in [6, 6.07) is 0. The van der Waals surface area contributed by atoms with Crippen molar-refractivity contribution in [2.45, 2.75) is 63.8 Å². The fraction of sp³-hybridized carbons (Fsp3) is 0.929. The maximum Gasteiger partial charge on any atom is 0.305 e. The van der Waals surface area contributed by atoms with Crippen molar-refractivity contribution in [1.29, 1.82) is 0 Å². The molecule has 1 N–H and O–H groups in total.